The van der Waals surface area contributed by atoms with Crippen molar-refractivity contribution in [2.45, 2.75) is 45.1 Å². The first-order valence-corrected chi connectivity index (χ1v) is 7.70. The fourth-order valence-electron chi connectivity index (χ4n) is 3.81. The van der Waals surface area contributed by atoms with Crippen molar-refractivity contribution in [1.29, 1.82) is 0 Å². The molecule has 0 bridgehead atoms. The number of hydrogen-bond acceptors (Lipinski definition) is 2. The van der Waals surface area contributed by atoms with Crippen LogP contribution in [0.1, 0.15) is 37.3 Å². The molecule has 19 heavy (non-hydrogen) atoms. The van der Waals surface area contributed by atoms with Gasteiger partial charge < -0.3 is 10.1 Å². The van der Waals surface area contributed by atoms with Crippen LogP contribution in [0.25, 0.3) is 0 Å². The number of aryl methyl sites for hydroxylation is 1. The molecular weight excluding hydrogens is 234 g/mol. The SMILES string of the molecule is CNC1CCC(CCc2ccc3c(c2)CCO3)C1C. The third-order valence-corrected chi connectivity index (χ3v) is 5.16. The maximum Gasteiger partial charge on any atom is 0.122 e. The van der Waals surface area contributed by atoms with Crippen LogP contribution in [0.4, 0.5) is 0 Å². The molecule has 1 heterocycles. The van der Waals surface area contributed by atoms with E-state index in [1.54, 1.807) is 0 Å². The number of ether oxygens (including phenoxy) is 1. The summed E-state index contributed by atoms with van der Waals surface area (Å²) < 4.78 is 5.57. The standard InChI is InChI=1S/C17H25NO/c1-12-14(6-7-16(12)18-2)5-3-13-4-8-17-15(11-13)9-10-19-17/h4,8,11-12,14,16,18H,3,5-7,9-10H2,1-2H3. The number of hydrogen-bond donors (Lipinski definition) is 1. The van der Waals surface area contributed by atoms with Crippen LogP contribution in [0, 0.1) is 11.8 Å². The number of nitrogens with one attached hydrogen (secondary N) is 1. The average Bonchev–Trinajstić information content (AvgIpc) is 3.02. The summed E-state index contributed by atoms with van der Waals surface area (Å²) in [4.78, 5) is 0. The first kappa shape index (κ1) is 13.0. The molecule has 0 radical (unpaired) electrons. The Morgan fingerprint density at radius 1 is 1.32 bits per heavy atom. The fourth-order valence-corrected chi connectivity index (χ4v) is 3.81. The zero-order valence-corrected chi connectivity index (χ0v) is 12.1. The molecule has 0 amide bonds. The predicted molar refractivity (Wildman–Crippen MR) is 78.7 cm³/mol. The molecule has 0 aromatic heterocycles. The third kappa shape index (κ3) is 2.64. The van der Waals surface area contributed by atoms with Gasteiger partial charge in [-0.05, 0) is 61.8 Å². The molecule has 3 rings (SSSR count). The molecular formula is C17H25NO. The third-order valence-electron chi connectivity index (χ3n) is 5.16. The van der Waals surface area contributed by atoms with Crippen molar-refractivity contribution in [3.05, 3.63) is 29.3 Å². The van der Waals surface area contributed by atoms with E-state index in [0.29, 0.717) is 0 Å². The van der Waals surface area contributed by atoms with Gasteiger partial charge in [0.25, 0.3) is 0 Å². The van der Waals surface area contributed by atoms with Crippen LogP contribution >= 0.6 is 0 Å². The van der Waals surface area contributed by atoms with Gasteiger partial charge in [0.15, 0.2) is 0 Å². The molecule has 104 valence electrons. The fraction of sp³-hybridized carbons (Fsp3) is 0.647. The van der Waals surface area contributed by atoms with Gasteiger partial charge in [0.1, 0.15) is 5.75 Å². The second-order valence-corrected chi connectivity index (χ2v) is 6.17. The maximum absolute atomic E-state index is 5.57. The second kappa shape index (κ2) is 5.54. The highest BCUT2D eigenvalue weighted by atomic mass is 16.5. The summed E-state index contributed by atoms with van der Waals surface area (Å²) in [6.07, 6.45) is 6.38. The summed E-state index contributed by atoms with van der Waals surface area (Å²) >= 11 is 0. The van der Waals surface area contributed by atoms with Gasteiger partial charge in [-0.2, -0.15) is 0 Å². The molecule has 1 aromatic carbocycles. The summed E-state index contributed by atoms with van der Waals surface area (Å²) in [7, 11) is 2.10. The van der Waals surface area contributed by atoms with E-state index in [0.717, 1.165) is 36.7 Å². The van der Waals surface area contributed by atoms with E-state index in [2.05, 4.69) is 37.5 Å². The highest BCUT2D eigenvalue weighted by molar-refractivity contribution is 5.39. The van der Waals surface area contributed by atoms with Crippen LogP contribution in [0.15, 0.2) is 18.2 Å². The van der Waals surface area contributed by atoms with Gasteiger partial charge in [-0.25, -0.2) is 0 Å². The lowest BCUT2D eigenvalue weighted by Gasteiger charge is -2.20. The van der Waals surface area contributed by atoms with E-state index in [4.69, 9.17) is 4.74 Å². The summed E-state index contributed by atoms with van der Waals surface area (Å²) in [6.45, 7) is 3.28. The predicted octanol–water partition coefficient (Wildman–Crippen LogP) is 3.19. The molecule has 1 N–H and O–H groups in total. The van der Waals surface area contributed by atoms with Crippen LogP contribution < -0.4 is 10.1 Å². The van der Waals surface area contributed by atoms with E-state index >= 15 is 0 Å². The summed E-state index contributed by atoms with van der Waals surface area (Å²) in [5.74, 6) is 2.82. The van der Waals surface area contributed by atoms with Gasteiger partial charge in [-0.1, -0.05) is 19.1 Å². The molecule has 1 fully saturated rings. The highest BCUT2D eigenvalue weighted by Gasteiger charge is 2.31. The lowest BCUT2D eigenvalue weighted by Crippen LogP contribution is -2.29. The largest absolute Gasteiger partial charge is 0.493 e. The Kier molecular flexibility index (Phi) is 3.79. The number of fused-ring (bicyclic) bond motifs is 1. The van der Waals surface area contributed by atoms with E-state index < -0.39 is 0 Å². The first-order chi connectivity index (χ1) is 9.28. The van der Waals surface area contributed by atoms with Crippen molar-refractivity contribution in [1.82, 2.24) is 5.32 Å². The van der Waals surface area contributed by atoms with Gasteiger partial charge >= 0.3 is 0 Å². The zero-order chi connectivity index (χ0) is 13.2. The van der Waals surface area contributed by atoms with Gasteiger partial charge in [0.05, 0.1) is 6.61 Å². The van der Waals surface area contributed by atoms with Gasteiger partial charge in [0, 0.05) is 12.5 Å². The van der Waals surface area contributed by atoms with Gasteiger partial charge in [0.2, 0.25) is 0 Å². The first-order valence-electron chi connectivity index (χ1n) is 7.70. The summed E-state index contributed by atoms with van der Waals surface area (Å²) in [6, 6.07) is 7.50. The Hall–Kier alpha value is -1.02. The van der Waals surface area contributed by atoms with Crippen molar-refractivity contribution >= 4 is 0 Å². The lowest BCUT2D eigenvalue weighted by atomic mass is 9.89. The van der Waals surface area contributed by atoms with Crippen molar-refractivity contribution in [3.63, 3.8) is 0 Å². The number of rotatable bonds is 4. The van der Waals surface area contributed by atoms with Crippen molar-refractivity contribution in [3.8, 4) is 5.75 Å². The summed E-state index contributed by atoms with van der Waals surface area (Å²) in [5, 5.41) is 3.46. The smallest absolute Gasteiger partial charge is 0.122 e. The van der Waals surface area contributed by atoms with Crippen molar-refractivity contribution in [2.75, 3.05) is 13.7 Å². The van der Waals surface area contributed by atoms with Crippen LogP contribution in [-0.4, -0.2) is 19.7 Å². The van der Waals surface area contributed by atoms with Crippen LogP contribution in [0.5, 0.6) is 5.75 Å². The van der Waals surface area contributed by atoms with Crippen LogP contribution in [0.3, 0.4) is 0 Å². The molecule has 1 aromatic rings. The van der Waals surface area contributed by atoms with Crippen molar-refractivity contribution < 1.29 is 4.74 Å². The minimum absolute atomic E-state index is 0.735. The molecule has 3 unspecified atom stereocenters. The highest BCUT2D eigenvalue weighted by Crippen LogP contribution is 2.35. The number of benzene rings is 1. The minimum atomic E-state index is 0.735. The Morgan fingerprint density at radius 2 is 2.21 bits per heavy atom. The van der Waals surface area contributed by atoms with E-state index in [-0.39, 0.29) is 0 Å². The summed E-state index contributed by atoms with van der Waals surface area (Å²) in [5.41, 5.74) is 2.90. The Bertz CT molecular complexity index is 443. The van der Waals surface area contributed by atoms with Gasteiger partial charge in [-0.3, -0.25) is 0 Å². The normalized spacial score (nSPS) is 29.3. The molecule has 2 heteroatoms. The Labute approximate surface area is 116 Å². The topological polar surface area (TPSA) is 21.3 Å². The Balaban J connectivity index is 1.58. The Morgan fingerprint density at radius 3 is 3.00 bits per heavy atom. The quantitative estimate of drug-likeness (QED) is 0.896. The van der Waals surface area contributed by atoms with Gasteiger partial charge in [-0.15, -0.1) is 0 Å². The molecule has 1 aliphatic carbocycles. The molecule has 1 aliphatic heterocycles. The zero-order valence-electron chi connectivity index (χ0n) is 12.1. The van der Waals surface area contributed by atoms with E-state index in [1.807, 2.05) is 0 Å². The van der Waals surface area contributed by atoms with Crippen molar-refractivity contribution in [2.24, 2.45) is 11.8 Å². The molecule has 0 saturated heterocycles. The second-order valence-electron chi connectivity index (χ2n) is 6.17. The van der Waals surface area contributed by atoms with E-state index in [1.165, 1.54) is 36.8 Å². The minimum Gasteiger partial charge on any atom is -0.493 e. The van der Waals surface area contributed by atoms with Crippen LogP contribution in [0.2, 0.25) is 0 Å². The molecule has 1 saturated carbocycles. The van der Waals surface area contributed by atoms with E-state index in [9.17, 15) is 0 Å². The molecule has 3 atom stereocenters. The lowest BCUT2D eigenvalue weighted by molar-refractivity contribution is 0.348. The molecule has 2 nitrogen and oxygen atoms in total. The maximum atomic E-state index is 5.57. The average molecular weight is 259 g/mol. The molecule has 2 aliphatic rings. The monoisotopic (exact) mass is 259 g/mol. The van der Waals surface area contributed by atoms with Crippen LogP contribution in [-0.2, 0) is 12.8 Å². The molecule has 0 spiro atoms.